The summed E-state index contributed by atoms with van der Waals surface area (Å²) < 4.78 is 6.30. The van der Waals surface area contributed by atoms with E-state index in [0.29, 0.717) is 12.2 Å². The summed E-state index contributed by atoms with van der Waals surface area (Å²) in [7, 11) is 0. The van der Waals surface area contributed by atoms with Crippen molar-refractivity contribution >= 4 is 5.97 Å². The van der Waals surface area contributed by atoms with Crippen LogP contribution in [0.3, 0.4) is 0 Å². The van der Waals surface area contributed by atoms with Gasteiger partial charge in [0, 0.05) is 17.5 Å². The molecule has 0 saturated carbocycles. The number of benzene rings is 1. The Bertz CT molecular complexity index is 593. The fourth-order valence-electron chi connectivity index (χ4n) is 3.68. The lowest BCUT2D eigenvalue weighted by Gasteiger charge is -2.37. The molecule has 1 aliphatic carbocycles. The standard InChI is InChI=1S/C18H24O4/c1-18(10-8-16(20)21)9-7-12-11-15(19)13-5-3-2-4-6-14(13)17(12)22-18/h11,19H,2-10H2,1H3,(H,20,21). The number of phenols is 1. The fraction of sp³-hybridized carbons (Fsp3) is 0.611. The predicted molar refractivity (Wildman–Crippen MR) is 83.6 cm³/mol. The Balaban J connectivity index is 1.94. The average Bonchev–Trinajstić information content (AvgIpc) is 2.73. The summed E-state index contributed by atoms with van der Waals surface area (Å²) in [4.78, 5) is 10.9. The number of rotatable bonds is 3. The van der Waals surface area contributed by atoms with Gasteiger partial charge in [-0.05, 0) is 63.5 Å². The van der Waals surface area contributed by atoms with E-state index in [-0.39, 0.29) is 6.42 Å². The van der Waals surface area contributed by atoms with Gasteiger partial charge in [-0.25, -0.2) is 0 Å². The fourth-order valence-corrected chi connectivity index (χ4v) is 3.68. The Hall–Kier alpha value is -1.71. The molecule has 1 aromatic carbocycles. The van der Waals surface area contributed by atoms with E-state index in [9.17, 15) is 9.90 Å². The predicted octanol–water partition coefficient (Wildman–Crippen LogP) is 3.61. The van der Waals surface area contributed by atoms with Crippen LogP contribution in [0.25, 0.3) is 0 Å². The number of carboxylic acids is 1. The maximum atomic E-state index is 10.9. The number of hydrogen-bond donors (Lipinski definition) is 2. The van der Waals surface area contributed by atoms with E-state index in [4.69, 9.17) is 9.84 Å². The van der Waals surface area contributed by atoms with E-state index < -0.39 is 11.6 Å². The van der Waals surface area contributed by atoms with Crippen molar-refractivity contribution in [1.29, 1.82) is 0 Å². The second-order valence-corrected chi connectivity index (χ2v) is 6.85. The minimum absolute atomic E-state index is 0.131. The molecule has 2 N–H and O–H groups in total. The maximum absolute atomic E-state index is 10.9. The van der Waals surface area contributed by atoms with Crippen LogP contribution in [0.1, 0.15) is 62.1 Å². The molecule has 22 heavy (non-hydrogen) atoms. The summed E-state index contributed by atoms with van der Waals surface area (Å²) >= 11 is 0. The number of hydrogen-bond acceptors (Lipinski definition) is 3. The van der Waals surface area contributed by atoms with E-state index >= 15 is 0 Å². The van der Waals surface area contributed by atoms with Crippen LogP contribution in [0.4, 0.5) is 0 Å². The summed E-state index contributed by atoms with van der Waals surface area (Å²) in [5, 5.41) is 19.2. The largest absolute Gasteiger partial charge is 0.508 e. The molecule has 0 fully saturated rings. The first-order chi connectivity index (χ1) is 10.5. The smallest absolute Gasteiger partial charge is 0.303 e. The van der Waals surface area contributed by atoms with Crippen molar-refractivity contribution in [2.24, 2.45) is 0 Å². The lowest BCUT2D eigenvalue weighted by Crippen LogP contribution is -2.37. The van der Waals surface area contributed by atoms with Crippen LogP contribution in [-0.2, 0) is 24.1 Å². The van der Waals surface area contributed by atoms with Crippen molar-refractivity contribution in [3.05, 3.63) is 22.8 Å². The maximum Gasteiger partial charge on any atom is 0.303 e. The Morgan fingerprint density at radius 3 is 2.68 bits per heavy atom. The number of fused-ring (bicyclic) bond motifs is 3. The minimum atomic E-state index is -0.778. The van der Waals surface area contributed by atoms with Gasteiger partial charge < -0.3 is 14.9 Å². The minimum Gasteiger partial charge on any atom is -0.508 e. The van der Waals surface area contributed by atoms with Gasteiger partial charge >= 0.3 is 5.97 Å². The third-order valence-corrected chi connectivity index (χ3v) is 5.04. The SMILES string of the molecule is CC1(CCC(=O)O)CCc2cc(O)c3c(c2O1)CCCCC3. The third kappa shape index (κ3) is 2.92. The molecule has 4 heteroatoms. The summed E-state index contributed by atoms with van der Waals surface area (Å²) in [6, 6.07) is 1.86. The van der Waals surface area contributed by atoms with Crippen LogP contribution in [-0.4, -0.2) is 21.8 Å². The van der Waals surface area contributed by atoms with Crippen LogP contribution in [0.2, 0.25) is 0 Å². The Morgan fingerprint density at radius 2 is 1.95 bits per heavy atom. The summed E-state index contributed by atoms with van der Waals surface area (Å²) in [6.45, 7) is 2.01. The van der Waals surface area contributed by atoms with Gasteiger partial charge in [0.05, 0.1) is 0 Å². The van der Waals surface area contributed by atoms with Crippen LogP contribution in [0, 0.1) is 0 Å². The highest BCUT2D eigenvalue weighted by Gasteiger charge is 2.34. The lowest BCUT2D eigenvalue weighted by molar-refractivity contribution is -0.138. The third-order valence-electron chi connectivity index (χ3n) is 5.04. The van der Waals surface area contributed by atoms with E-state index in [0.717, 1.165) is 61.0 Å². The zero-order valence-electron chi connectivity index (χ0n) is 13.2. The molecule has 1 atom stereocenters. The molecule has 1 aliphatic heterocycles. The van der Waals surface area contributed by atoms with Crippen LogP contribution >= 0.6 is 0 Å². The van der Waals surface area contributed by atoms with E-state index in [1.54, 1.807) is 0 Å². The van der Waals surface area contributed by atoms with Crippen molar-refractivity contribution in [1.82, 2.24) is 0 Å². The number of aliphatic carboxylic acids is 1. The molecule has 1 heterocycles. The highest BCUT2D eigenvalue weighted by atomic mass is 16.5. The van der Waals surface area contributed by atoms with Gasteiger partial charge in [-0.15, -0.1) is 0 Å². The molecule has 0 aromatic heterocycles. The molecule has 0 radical (unpaired) electrons. The molecular formula is C18H24O4. The summed E-state index contributed by atoms with van der Waals surface area (Å²) in [5.74, 6) is 0.558. The van der Waals surface area contributed by atoms with Gasteiger partial charge in [-0.2, -0.15) is 0 Å². The van der Waals surface area contributed by atoms with Gasteiger partial charge in [-0.3, -0.25) is 4.79 Å². The number of aryl methyl sites for hydroxylation is 1. The number of aromatic hydroxyl groups is 1. The van der Waals surface area contributed by atoms with Crippen molar-refractivity contribution < 1.29 is 19.7 Å². The second kappa shape index (κ2) is 5.82. The average molecular weight is 304 g/mol. The molecule has 1 unspecified atom stereocenters. The molecule has 0 saturated heterocycles. The van der Waals surface area contributed by atoms with Crippen molar-refractivity contribution in [3.8, 4) is 11.5 Å². The Labute approximate surface area is 131 Å². The van der Waals surface area contributed by atoms with Crippen LogP contribution in [0.5, 0.6) is 11.5 Å². The number of phenolic OH excluding ortho intramolecular Hbond substituents is 1. The van der Waals surface area contributed by atoms with E-state index in [2.05, 4.69) is 0 Å². The summed E-state index contributed by atoms with van der Waals surface area (Å²) in [6.07, 6.45) is 7.55. The van der Waals surface area contributed by atoms with Gasteiger partial charge in [0.15, 0.2) is 0 Å². The molecule has 0 amide bonds. The molecule has 4 nitrogen and oxygen atoms in total. The topological polar surface area (TPSA) is 66.8 Å². The molecule has 0 spiro atoms. The molecular weight excluding hydrogens is 280 g/mol. The second-order valence-electron chi connectivity index (χ2n) is 6.85. The molecule has 1 aromatic rings. The molecule has 120 valence electrons. The van der Waals surface area contributed by atoms with Crippen molar-refractivity contribution in [2.75, 3.05) is 0 Å². The van der Waals surface area contributed by atoms with Gasteiger partial charge in [-0.1, -0.05) is 6.42 Å². The highest BCUT2D eigenvalue weighted by molar-refractivity contribution is 5.66. The number of carboxylic acid groups (broad SMARTS) is 1. The first-order valence-corrected chi connectivity index (χ1v) is 8.26. The highest BCUT2D eigenvalue weighted by Crippen LogP contribution is 2.44. The number of carbonyl (C=O) groups is 1. The monoisotopic (exact) mass is 304 g/mol. The van der Waals surface area contributed by atoms with E-state index in [1.807, 2.05) is 13.0 Å². The van der Waals surface area contributed by atoms with E-state index in [1.165, 1.54) is 6.42 Å². The first kappa shape index (κ1) is 15.2. The van der Waals surface area contributed by atoms with Crippen LogP contribution < -0.4 is 4.74 Å². The van der Waals surface area contributed by atoms with Crippen LogP contribution in [0.15, 0.2) is 6.07 Å². The number of ether oxygens (including phenoxy) is 1. The molecule has 3 rings (SSSR count). The molecule has 2 aliphatic rings. The van der Waals surface area contributed by atoms with Gasteiger partial charge in [0.1, 0.15) is 17.1 Å². The summed E-state index contributed by atoms with van der Waals surface area (Å²) in [5.41, 5.74) is 2.86. The zero-order chi connectivity index (χ0) is 15.7. The quantitative estimate of drug-likeness (QED) is 0.837. The first-order valence-electron chi connectivity index (χ1n) is 8.26. The lowest BCUT2D eigenvalue weighted by atomic mass is 9.86. The van der Waals surface area contributed by atoms with Crippen molar-refractivity contribution in [3.63, 3.8) is 0 Å². The zero-order valence-corrected chi connectivity index (χ0v) is 13.2. The Kier molecular flexibility index (Phi) is 4.02. The molecule has 0 bridgehead atoms. The Morgan fingerprint density at radius 1 is 1.23 bits per heavy atom. The van der Waals surface area contributed by atoms with Crippen molar-refractivity contribution in [2.45, 2.75) is 70.3 Å². The van der Waals surface area contributed by atoms with Gasteiger partial charge in [0.2, 0.25) is 0 Å². The van der Waals surface area contributed by atoms with Gasteiger partial charge in [0.25, 0.3) is 0 Å². The normalized spacial score (nSPS) is 23.9.